The molecule has 0 saturated heterocycles. The van der Waals surface area contributed by atoms with Crippen LogP contribution in [0.3, 0.4) is 0 Å². The third-order valence-electron chi connectivity index (χ3n) is 2.04. The lowest BCUT2D eigenvalue weighted by Gasteiger charge is -1.87. The fourth-order valence-corrected chi connectivity index (χ4v) is 2.93. The molecule has 0 spiro atoms. The highest BCUT2D eigenvalue weighted by Gasteiger charge is 2.00. The summed E-state index contributed by atoms with van der Waals surface area (Å²) in [7, 11) is 0. The van der Waals surface area contributed by atoms with E-state index in [1.165, 1.54) is 15.3 Å². The van der Waals surface area contributed by atoms with Crippen LogP contribution in [0.1, 0.15) is 11.3 Å². The summed E-state index contributed by atoms with van der Waals surface area (Å²) >= 11 is 3.56. The molecule has 0 saturated carbocycles. The van der Waals surface area contributed by atoms with Crippen LogP contribution in [0.25, 0.3) is 16.5 Å². The Morgan fingerprint density at radius 3 is 3.00 bits per heavy atom. The van der Waals surface area contributed by atoms with Crippen molar-refractivity contribution in [3.63, 3.8) is 0 Å². The van der Waals surface area contributed by atoms with E-state index in [9.17, 15) is 0 Å². The van der Waals surface area contributed by atoms with Crippen molar-refractivity contribution < 1.29 is 0 Å². The highest BCUT2D eigenvalue weighted by Crippen LogP contribution is 2.29. The maximum absolute atomic E-state index is 5.43. The molecule has 2 rings (SSSR count). The van der Waals surface area contributed by atoms with E-state index in [1.54, 1.807) is 22.7 Å². The first kappa shape index (κ1) is 10.6. The first-order valence-electron chi connectivity index (χ1n) is 4.89. The number of hydrogen-bond donors (Lipinski definition) is 1. The van der Waals surface area contributed by atoms with Gasteiger partial charge < -0.3 is 5.73 Å². The Labute approximate surface area is 97.9 Å². The van der Waals surface area contributed by atoms with E-state index in [-0.39, 0.29) is 0 Å². The van der Waals surface area contributed by atoms with Gasteiger partial charge in [0.05, 0.1) is 0 Å². The third kappa shape index (κ3) is 2.78. The van der Waals surface area contributed by atoms with E-state index in [1.807, 2.05) is 0 Å². The van der Waals surface area contributed by atoms with E-state index >= 15 is 0 Å². The van der Waals surface area contributed by atoms with Crippen LogP contribution in [0.4, 0.5) is 0 Å². The minimum atomic E-state index is 0.722. The Morgan fingerprint density at radius 1 is 1.33 bits per heavy atom. The lowest BCUT2D eigenvalue weighted by atomic mass is 10.2. The summed E-state index contributed by atoms with van der Waals surface area (Å²) in [6.45, 7) is 0.722. The van der Waals surface area contributed by atoms with Crippen LogP contribution in [0, 0.1) is 0 Å². The predicted octanol–water partition coefficient (Wildman–Crippen LogP) is 3.84. The topological polar surface area (TPSA) is 26.0 Å². The molecule has 2 N–H and O–H groups in total. The summed E-state index contributed by atoms with van der Waals surface area (Å²) in [5.41, 5.74) is 6.75. The van der Waals surface area contributed by atoms with Crippen molar-refractivity contribution in [1.29, 1.82) is 0 Å². The van der Waals surface area contributed by atoms with Crippen molar-refractivity contribution in [1.82, 2.24) is 0 Å². The second kappa shape index (κ2) is 5.26. The molecule has 1 nitrogen and oxygen atoms in total. The predicted molar refractivity (Wildman–Crippen MR) is 70.3 cm³/mol. The van der Waals surface area contributed by atoms with Crippen LogP contribution in [0.15, 0.2) is 35.0 Å². The van der Waals surface area contributed by atoms with Crippen LogP contribution in [-0.2, 0) is 0 Å². The Hall–Kier alpha value is -0.900. The monoisotopic (exact) mass is 235 g/mol. The van der Waals surface area contributed by atoms with Crippen LogP contribution in [-0.4, -0.2) is 6.54 Å². The van der Waals surface area contributed by atoms with Gasteiger partial charge in [-0.15, -0.1) is 22.7 Å². The lowest BCUT2D eigenvalue weighted by molar-refractivity contribution is 1.01. The molecule has 0 aliphatic heterocycles. The first-order valence-corrected chi connectivity index (χ1v) is 6.65. The summed E-state index contributed by atoms with van der Waals surface area (Å²) in [6.07, 6.45) is 5.23. The van der Waals surface area contributed by atoms with Crippen LogP contribution < -0.4 is 5.73 Å². The SMILES string of the molecule is NCCC=Cc1cc(-c2cccs2)cs1. The number of rotatable bonds is 4. The molecule has 3 heteroatoms. The van der Waals surface area contributed by atoms with Gasteiger partial charge in [0.2, 0.25) is 0 Å². The third-order valence-corrected chi connectivity index (χ3v) is 3.86. The minimum Gasteiger partial charge on any atom is -0.330 e. The molecule has 0 aliphatic carbocycles. The Morgan fingerprint density at radius 2 is 2.27 bits per heavy atom. The molecule has 0 amide bonds. The largest absolute Gasteiger partial charge is 0.330 e. The molecule has 15 heavy (non-hydrogen) atoms. The Balaban J connectivity index is 2.11. The molecular weight excluding hydrogens is 222 g/mol. The van der Waals surface area contributed by atoms with Crippen molar-refractivity contribution in [2.24, 2.45) is 5.73 Å². The molecule has 0 aliphatic rings. The number of nitrogens with two attached hydrogens (primary N) is 1. The summed E-state index contributed by atoms with van der Waals surface area (Å²) in [5, 5.41) is 4.31. The first-order chi connectivity index (χ1) is 7.40. The van der Waals surface area contributed by atoms with Gasteiger partial charge in [0.15, 0.2) is 0 Å². The second-order valence-electron chi connectivity index (χ2n) is 3.19. The van der Waals surface area contributed by atoms with Gasteiger partial charge >= 0.3 is 0 Å². The zero-order chi connectivity index (χ0) is 10.5. The van der Waals surface area contributed by atoms with Crippen molar-refractivity contribution in [3.05, 3.63) is 39.9 Å². The quantitative estimate of drug-likeness (QED) is 0.856. The van der Waals surface area contributed by atoms with Gasteiger partial charge in [0.25, 0.3) is 0 Å². The van der Waals surface area contributed by atoms with Crippen molar-refractivity contribution >= 4 is 28.7 Å². The average Bonchev–Trinajstić information content (AvgIpc) is 2.87. The standard InChI is InChI=1S/C12H13NS2/c13-6-2-1-4-11-8-10(9-15-11)12-5-3-7-14-12/h1,3-5,7-9H,2,6,13H2. The van der Waals surface area contributed by atoms with E-state index < -0.39 is 0 Å². The zero-order valence-electron chi connectivity index (χ0n) is 8.35. The summed E-state index contributed by atoms with van der Waals surface area (Å²) in [5.74, 6) is 0. The summed E-state index contributed by atoms with van der Waals surface area (Å²) < 4.78 is 0. The molecule has 2 aromatic heterocycles. The van der Waals surface area contributed by atoms with Crippen molar-refractivity contribution in [3.8, 4) is 10.4 Å². The molecule has 0 aromatic carbocycles. The van der Waals surface area contributed by atoms with Gasteiger partial charge in [-0.3, -0.25) is 0 Å². The average molecular weight is 235 g/mol. The molecule has 2 aromatic rings. The number of hydrogen-bond acceptors (Lipinski definition) is 3. The molecular formula is C12H13NS2. The van der Waals surface area contributed by atoms with E-state index in [4.69, 9.17) is 5.73 Å². The van der Waals surface area contributed by atoms with Crippen molar-refractivity contribution in [2.75, 3.05) is 6.54 Å². The molecule has 0 fully saturated rings. The molecule has 0 unspecified atom stereocenters. The van der Waals surface area contributed by atoms with Gasteiger partial charge in [-0.1, -0.05) is 12.1 Å². The van der Waals surface area contributed by atoms with Crippen molar-refractivity contribution in [2.45, 2.75) is 6.42 Å². The van der Waals surface area contributed by atoms with Crippen LogP contribution in [0.2, 0.25) is 0 Å². The zero-order valence-corrected chi connectivity index (χ0v) is 9.98. The fraction of sp³-hybridized carbons (Fsp3) is 0.167. The van der Waals surface area contributed by atoms with E-state index in [2.05, 4.69) is 41.1 Å². The highest BCUT2D eigenvalue weighted by molar-refractivity contribution is 7.15. The van der Waals surface area contributed by atoms with Crippen LogP contribution in [0.5, 0.6) is 0 Å². The van der Waals surface area contributed by atoms with Gasteiger partial charge in [-0.25, -0.2) is 0 Å². The van der Waals surface area contributed by atoms with Gasteiger partial charge in [-0.05, 0) is 41.9 Å². The normalized spacial score (nSPS) is 11.3. The Kier molecular flexibility index (Phi) is 3.72. The molecule has 0 bridgehead atoms. The van der Waals surface area contributed by atoms with Crippen LogP contribution >= 0.6 is 22.7 Å². The van der Waals surface area contributed by atoms with E-state index in [0.29, 0.717) is 0 Å². The fourth-order valence-electron chi connectivity index (χ4n) is 1.31. The molecule has 78 valence electrons. The van der Waals surface area contributed by atoms with Gasteiger partial charge in [0.1, 0.15) is 0 Å². The second-order valence-corrected chi connectivity index (χ2v) is 5.09. The lowest BCUT2D eigenvalue weighted by Crippen LogP contribution is -1.94. The smallest absolute Gasteiger partial charge is 0.0351 e. The summed E-state index contributed by atoms with van der Waals surface area (Å²) in [6, 6.07) is 6.46. The molecule has 0 atom stereocenters. The number of thiophene rings is 2. The van der Waals surface area contributed by atoms with E-state index in [0.717, 1.165) is 13.0 Å². The maximum Gasteiger partial charge on any atom is 0.0351 e. The molecule has 2 heterocycles. The Bertz CT molecular complexity index is 426. The van der Waals surface area contributed by atoms with Gasteiger partial charge in [-0.2, -0.15) is 0 Å². The maximum atomic E-state index is 5.43. The summed E-state index contributed by atoms with van der Waals surface area (Å²) in [4.78, 5) is 2.64. The van der Waals surface area contributed by atoms with Gasteiger partial charge in [0, 0.05) is 15.3 Å². The molecule has 0 radical (unpaired) electrons. The minimum absolute atomic E-state index is 0.722. The highest BCUT2D eigenvalue weighted by atomic mass is 32.1.